The zero-order valence-electron chi connectivity index (χ0n) is 14.3. The first-order valence-electron chi connectivity index (χ1n) is 7.91. The van der Waals surface area contributed by atoms with Crippen molar-refractivity contribution in [1.82, 2.24) is 4.57 Å². The topological polar surface area (TPSA) is 68.2 Å². The Morgan fingerprint density at radius 1 is 1.00 bits per heavy atom. The zero-order chi connectivity index (χ0) is 18.1. The number of hydrogen-bond acceptors (Lipinski definition) is 3. The van der Waals surface area contributed by atoms with Crippen LogP contribution in [0.2, 0.25) is 0 Å². The quantitative estimate of drug-likeness (QED) is 0.586. The van der Waals surface area contributed by atoms with E-state index in [4.69, 9.17) is 0 Å². The minimum Gasteiger partial charge on any atom is -0.347 e. The average molecular weight is 334 g/mol. The second-order valence-corrected chi connectivity index (χ2v) is 5.96. The molecule has 3 rings (SSSR count). The fourth-order valence-electron chi connectivity index (χ4n) is 2.92. The van der Waals surface area contributed by atoms with Crippen molar-refractivity contribution < 1.29 is 14.4 Å². The van der Waals surface area contributed by atoms with Crippen molar-refractivity contribution in [3.05, 3.63) is 65.4 Å². The highest BCUT2D eigenvalue weighted by Crippen LogP contribution is 2.25. The van der Waals surface area contributed by atoms with Gasteiger partial charge in [-0.15, -0.1) is 0 Å². The Morgan fingerprint density at radius 2 is 1.72 bits per heavy atom. The Bertz CT molecular complexity index is 1010. The van der Waals surface area contributed by atoms with Gasteiger partial charge in [0.15, 0.2) is 5.78 Å². The lowest BCUT2D eigenvalue weighted by Crippen LogP contribution is -2.23. The number of amides is 1. The molecule has 0 aliphatic heterocycles. The monoisotopic (exact) mass is 334 g/mol. The number of Topliss-reactive ketones (excluding diaryl/α,β-unsaturated/α-hetero) is 2. The number of hydrogen-bond donors (Lipinski definition) is 1. The molecule has 0 spiro atoms. The van der Waals surface area contributed by atoms with E-state index in [0.29, 0.717) is 16.8 Å². The Balaban J connectivity index is 1.94. The van der Waals surface area contributed by atoms with Crippen molar-refractivity contribution >= 4 is 34.1 Å². The van der Waals surface area contributed by atoms with Gasteiger partial charge in [0.1, 0.15) is 0 Å². The SMILES string of the molecule is CC(=O)c1cccc(NC(=O)C(=O)c2c(C)n(C)c3ccccc23)c1. The summed E-state index contributed by atoms with van der Waals surface area (Å²) in [6.45, 7) is 3.27. The predicted molar refractivity (Wildman–Crippen MR) is 97.1 cm³/mol. The van der Waals surface area contributed by atoms with Gasteiger partial charge in [0, 0.05) is 34.9 Å². The van der Waals surface area contributed by atoms with E-state index >= 15 is 0 Å². The van der Waals surface area contributed by atoms with Gasteiger partial charge >= 0.3 is 0 Å². The van der Waals surface area contributed by atoms with Gasteiger partial charge in [0.25, 0.3) is 11.7 Å². The number of carbonyl (C=O) groups excluding carboxylic acids is 3. The Hall–Kier alpha value is -3.21. The smallest absolute Gasteiger partial charge is 0.296 e. The standard InChI is InChI=1S/C20H18N2O3/c1-12-18(16-9-4-5-10-17(16)22(12)3)19(24)20(25)21-15-8-6-7-14(11-15)13(2)23/h4-11H,1-3H3,(H,21,25). The molecule has 5 heteroatoms. The van der Waals surface area contributed by atoms with Gasteiger partial charge < -0.3 is 9.88 Å². The number of aryl methyl sites for hydroxylation is 1. The fraction of sp³-hybridized carbons (Fsp3) is 0.150. The van der Waals surface area contributed by atoms with Crippen molar-refractivity contribution in [1.29, 1.82) is 0 Å². The number of para-hydroxylation sites is 1. The van der Waals surface area contributed by atoms with E-state index in [1.165, 1.54) is 6.92 Å². The maximum atomic E-state index is 12.7. The van der Waals surface area contributed by atoms with Crippen LogP contribution in [0.3, 0.4) is 0 Å². The summed E-state index contributed by atoms with van der Waals surface area (Å²) in [6.07, 6.45) is 0. The average Bonchev–Trinajstić information content (AvgIpc) is 2.86. The van der Waals surface area contributed by atoms with Crippen LogP contribution in [0.15, 0.2) is 48.5 Å². The molecule has 3 aromatic rings. The maximum absolute atomic E-state index is 12.7. The van der Waals surface area contributed by atoms with Crippen molar-refractivity contribution in [2.75, 3.05) is 5.32 Å². The van der Waals surface area contributed by atoms with Gasteiger partial charge in [-0.1, -0.05) is 30.3 Å². The highest BCUT2D eigenvalue weighted by molar-refractivity contribution is 6.48. The molecule has 0 atom stereocenters. The van der Waals surface area contributed by atoms with E-state index in [2.05, 4.69) is 5.32 Å². The summed E-state index contributed by atoms with van der Waals surface area (Å²) in [5.41, 5.74) is 2.93. The molecule has 0 saturated carbocycles. The van der Waals surface area contributed by atoms with E-state index in [-0.39, 0.29) is 5.78 Å². The molecule has 1 N–H and O–H groups in total. The third-order valence-corrected chi connectivity index (χ3v) is 4.36. The van der Waals surface area contributed by atoms with Crippen LogP contribution in [-0.2, 0) is 11.8 Å². The predicted octanol–water partition coefficient (Wildman–Crippen LogP) is 3.51. The summed E-state index contributed by atoms with van der Waals surface area (Å²) in [5.74, 6) is -1.42. The van der Waals surface area contributed by atoms with Crippen molar-refractivity contribution in [3.63, 3.8) is 0 Å². The number of benzene rings is 2. The van der Waals surface area contributed by atoms with E-state index in [9.17, 15) is 14.4 Å². The van der Waals surface area contributed by atoms with Gasteiger partial charge in [-0.3, -0.25) is 14.4 Å². The molecule has 0 radical (unpaired) electrons. The number of ketones is 2. The molecule has 0 saturated heterocycles. The van der Waals surface area contributed by atoms with Gasteiger partial charge in [0.2, 0.25) is 0 Å². The van der Waals surface area contributed by atoms with Gasteiger partial charge in [-0.2, -0.15) is 0 Å². The van der Waals surface area contributed by atoms with Gasteiger partial charge in [-0.25, -0.2) is 0 Å². The normalized spacial score (nSPS) is 10.7. The van der Waals surface area contributed by atoms with Crippen LogP contribution >= 0.6 is 0 Å². The fourth-order valence-corrected chi connectivity index (χ4v) is 2.92. The van der Waals surface area contributed by atoms with Crippen LogP contribution < -0.4 is 5.32 Å². The highest BCUT2D eigenvalue weighted by Gasteiger charge is 2.24. The number of anilines is 1. The first kappa shape index (κ1) is 16.6. The van der Waals surface area contributed by atoms with E-state index in [1.54, 1.807) is 24.3 Å². The Morgan fingerprint density at radius 3 is 2.44 bits per heavy atom. The summed E-state index contributed by atoms with van der Waals surface area (Å²) in [6, 6.07) is 14.0. The van der Waals surface area contributed by atoms with Crippen molar-refractivity contribution in [3.8, 4) is 0 Å². The molecule has 0 unspecified atom stereocenters. The minimum absolute atomic E-state index is 0.104. The van der Waals surface area contributed by atoms with E-state index in [1.807, 2.05) is 42.8 Å². The third-order valence-electron chi connectivity index (χ3n) is 4.36. The summed E-state index contributed by atoms with van der Waals surface area (Å²) in [5, 5.41) is 3.34. The number of rotatable bonds is 4. The molecule has 5 nitrogen and oxygen atoms in total. The number of nitrogens with one attached hydrogen (secondary N) is 1. The van der Waals surface area contributed by atoms with Gasteiger partial charge in [-0.05, 0) is 32.0 Å². The molecule has 1 heterocycles. The van der Waals surface area contributed by atoms with Crippen LogP contribution in [0.25, 0.3) is 10.9 Å². The van der Waals surface area contributed by atoms with Gasteiger partial charge in [0.05, 0.1) is 5.56 Å². The molecule has 2 aromatic carbocycles. The van der Waals surface area contributed by atoms with E-state index < -0.39 is 11.7 Å². The number of fused-ring (bicyclic) bond motifs is 1. The van der Waals surface area contributed by atoms with Crippen molar-refractivity contribution in [2.24, 2.45) is 7.05 Å². The second kappa shape index (κ2) is 6.36. The summed E-state index contributed by atoms with van der Waals surface area (Å²) in [7, 11) is 1.86. The Kier molecular flexibility index (Phi) is 4.23. The van der Waals surface area contributed by atoms with Crippen LogP contribution in [-0.4, -0.2) is 22.0 Å². The first-order valence-corrected chi connectivity index (χ1v) is 7.91. The summed E-state index contributed by atoms with van der Waals surface area (Å²) in [4.78, 5) is 36.6. The largest absolute Gasteiger partial charge is 0.347 e. The number of nitrogens with zero attached hydrogens (tertiary/aromatic N) is 1. The molecule has 1 aromatic heterocycles. The van der Waals surface area contributed by atoms with Crippen LogP contribution in [0.1, 0.15) is 33.3 Å². The Labute approximate surface area is 145 Å². The lowest BCUT2D eigenvalue weighted by Gasteiger charge is -2.06. The summed E-state index contributed by atoms with van der Waals surface area (Å²) < 4.78 is 1.90. The minimum atomic E-state index is -0.722. The number of carbonyl (C=O) groups is 3. The lowest BCUT2D eigenvalue weighted by molar-refractivity contribution is -0.112. The first-order chi connectivity index (χ1) is 11.9. The molecule has 0 aliphatic rings. The van der Waals surface area contributed by atoms with Crippen LogP contribution in [0.4, 0.5) is 5.69 Å². The maximum Gasteiger partial charge on any atom is 0.296 e. The molecule has 126 valence electrons. The second-order valence-electron chi connectivity index (χ2n) is 5.96. The molecule has 1 amide bonds. The molecule has 25 heavy (non-hydrogen) atoms. The zero-order valence-corrected chi connectivity index (χ0v) is 14.3. The highest BCUT2D eigenvalue weighted by atomic mass is 16.2. The van der Waals surface area contributed by atoms with Crippen LogP contribution in [0.5, 0.6) is 0 Å². The molecule has 0 fully saturated rings. The lowest BCUT2D eigenvalue weighted by atomic mass is 10.1. The molecule has 0 bridgehead atoms. The third kappa shape index (κ3) is 2.96. The molecule has 0 aliphatic carbocycles. The molecular weight excluding hydrogens is 316 g/mol. The van der Waals surface area contributed by atoms with E-state index in [0.717, 1.165) is 16.6 Å². The number of aromatic nitrogens is 1. The summed E-state index contributed by atoms with van der Waals surface area (Å²) >= 11 is 0. The van der Waals surface area contributed by atoms with Crippen molar-refractivity contribution in [2.45, 2.75) is 13.8 Å². The van der Waals surface area contributed by atoms with Crippen LogP contribution in [0, 0.1) is 6.92 Å². The molecular formula is C20H18N2O3.